The van der Waals surface area contributed by atoms with Crippen molar-refractivity contribution in [2.45, 2.75) is 46.1 Å². The molecule has 5 heteroatoms. The van der Waals surface area contributed by atoms with Gasteiger partial charge in [0.25, 0.3) is 0 Å². The van der Waals surface area contributed by atoms with Crippen molar-refractivity contribution in [2.75, 3.05) is 0 Å². The minimum atomic E-state index is -0.349. The second-order valence-electron chi connectivity index (χ2n) is 6.05. The molecular formula is C14H23N3O2. The van der Waals surface area contributed by atoms with Crippen molar-refractivity contribution in [1.82, 2.24) is 15.0 Å². The lowest BCUT2D eigenvalue weighted by atomic mass is 9.75. The third-order valence-corrected chi connectivity index (χ3v) is 4.03. The van der Waals surface area contributed by atoms with Crippen LogP contribution in [0.3, 0.4) is 0 Å². The van der Waals surface area contributed by atoms with Gasteiger partial charge in [-0.1, -0.05) is 32.4 Å². The van der Waals surface area contributed by atoms with Crippen LogP contribution >= 0.6 is 0 Å². The molecular weight excluding hydrogens is 242 g/mol. The van der Waals surface area contributed by atoms with Crippen LogP contribution in [0.2, 0.25) is 0 Å². The molecule has 0 spiro atoms. The van der Waals surface area contributed by atoms with E-state index in [1.807, 2.05) is 0 Å². The molecule has 1 aliphatic carbocycles. The maximum absolute atomic E-state index is 12.1. The topological polar surface area (TPSA) is 57.0 Å². The minimum absolute atomic E-state index is 0.0123. The van der Waals surface area contributed by atoms with Crippen LogP contribution in [0.1, 0.15) is 50.5 Å². The van der Waals surface area contributed by atoms with E-state index < -0.39 is 0 Å². The Balaban J connectivity index is 2.04. The number of aromatic nitrogens is 3. The summed E-state index contributed by atoms with van der Waals surface area (Å²) in [5.74, 6) is 1.26. The van der Waals surface area contributed by atoms with E-state index in [1.165, 1.54) is 11.1 Å². The van der Waals surface area contributed by atoms with Crippen molar-refractivity contribution >= 4 is 5.97 Å². The molecule has 0 aromatic carbocycles. The van der Waals surface area contributed by atoms with Gasteiger partial charge in [0, 0.05) is 7.05 Å². The third-order valence-electron chi connectivity index (χ3n) is 4.03. The summed E-state index contributed by atoms with van der Waals surface area (Å²) >= 11 is 0. The molecule has 0 saturated heterocycles. The van der Waals surface area contributed by atoms with Crippen molar-refractivity contribution in [1.29, 1.82) is 0 Å². The second-order valence-corrected chi connectivity index (χ2v) is 6.05. The first kappa shape index (κ1) is 14.0. The number of rotatable bonds is 3. The van der Waals surface area contributed by atoms with E-state index in [0.717, 1.165) is 12.8 Å². The van der Waals surface area contributed by atoms with Crippen molar-refractivity contribution in [3.63, 3.8) is 0 Å². The van der Waals surface area contributed by atoms with Gasteiger partial charge in [-0.05, 0) is 30.6 Å². The zero-order valence-electron chi connectivity index (χ0n) is 12.2. The highest BCUT2D eigenvalue weighted by Crippen LogP contribution is 2.35. The maximum Gasteiger partial charge on any atom is 0.360 e. The standard InChI is InChI=1S/C14H23N3O2/c1-9(2)11-6-5-10(3)7-13(11)19-14(18)12-8-17(4)16-15-12/h8-11,13H,5-7H2,1-4H3/t10-,11-,13+/m1/s1. The SMILES string of the molecule is CC(C)[C@H]1CC[C@@H](C)C[C@@H]1OC(=O)c1cn(C)nn1. The molecule has 1 aromatic heterocycles. The van der Waals surface area contributed by atoms with E-state index in [1.54, 1.807) is 13.2 Å². The molecule has 1 saturated carbocycles. The Hall–Kier alpha value is -1.39. The van der Waals surface area contributed by atoms with Gasteiger partial charge in [-0.25, -0.2) is 4.79 Å². The number of nitrogens with zero attached hydrogens (tertiary/aromatic N) is 3. The van der Waals surface area contributed by atoms with Crippen molar-refractivity contribution < 1.29 is 9.53 Å². The predicted molar refractivity (Wildman–Crippen MR) is 71.5 cm³/mol. The first-order valence-electron chi connectivity index (χ1n) is 7.04. The predicted octanol–water partition coefficient (Wildman–Crippen LogP) is 2.43. The summed E-state index contributed by atoms with van der Waals surface area (Å²) in [5, 5.41) is 7.57. The van der Waals surface area contributed by atoms with Crippen LogP contribution in [-0.4, -0.2) is 27.1 Å². The van der Waals surface area contributed by atoms with Gasteiger partial charge in [-0.3, -0.25) is 4.68 Å². The molecule has 0 aliphatic heterocycles. The van der Waals surface area contributed by atoms with Crippen LogP contribution in [0.25, 0.3) is 0 Å². The zero-order chi connectivity index (χ0) is 14.0. The van der Waals surface area contributed by atoms with E-state index in [4.69, 9.17) is 4.74 Å². The Labute approximate surface area is 114 Å². The van der Waals surface area contributed by atoms with Gasteiger partial charge < -0.3 is 4.74 Å². The van der Waals surface area contributed by atoms with Gasteiger partial charge in [0.15, 0.2) is 5.69 Å². The molecule has 0 unspecified atom stereocenters. The van der Waals surface area contributed by atoms with E-state index in [-0.39, 0.29) is 12.1 Å². The number of hydrogen-bond donors (Lipinski definition) is 0. The molecule has 1 aliphatic rings. The zero-order valence-corrected chi connectivity index (χ0v) is 12.2. The van der Waals surface area contributed by atoms with E-state index >= 15 is 0 Å². The highest BCUT2D eigenvalue weighted by Gasteiger charge is 2.34. The molecule has 106 valence electrons. The molecule has 0 bridgehead atoms. The lowest BCUT2D eigenvalue weighted by Gasteiger charge is -2.36. The smallest absolute Gasteiger partial charge is 0.360 e. The summed E-state index contributed by atoms with van der Waals surface area (Å²) in [5.41, 5.74) is 0.295. The summed E-state index contributed by atoms with van der Waals surface area (Å²) in [6, 6.07) is 0. The number of hydrogen-bond acceptors (Lipinski definition) is 4. The summed E-state index contributed by atoms with van der Waals surface area (Å²) < 4.78 is 7.19. The average Bonchev–Trinajstić information content (AvgIpc) is 2.75. The number of esters is 1. The van der Waals surface area contributed by atoms with Crippen LogP contribution in [0.4, 0.5) is 0 Å². The summed E-state index contributed by atoms with van der Waals surface area (Å²) in [6.45, 7) is 6.62. The molecule has 5 nitrogen and oxygen atoms in total. The monoisotopic (exact) mass is 265 g/mol. The third kappa shape index (κ3) is 3.33. The van der Waals surface area contributed by atoms with Gasteiger partial charge >= 0.3 is 5.97 Å². The van der Waals surface area contributed by atoms with Crippen LogP contribution in [0, 0.1) is 17.8 Å². The second kappa shape index (κ2) is 5.72. The molecule has 3 atom stereocenters. The molecule has 0 radical (unpaired) electrons. The van der Waals surface area contributed by atoms with E-state index in [2.05, 4.69) is 31.1 Å². The van der Waals surface area contributed by atoms with Gasteiger partial charge in [0.05, 0.1) is 6.20 Å². The molecule has 1 fully saturated rings. The fourth-order valence-electron chi connectivity index (χ4n) is 2.89. The van der Waals surface area contributed by atoms with E-state index in [9.17, 15) is 4.79 Å². The van der Waals surface area contributed by atoms with Crippen LogP contribution in [0.5, 0.6) is 0 Å². The fourth-order valence-corrected chi connectivity index (χ4v) is 2.89. The van der Waals surface area contributed by atoms with E-state index in [0.29, 0.717) is 23.4 Å². The molecule has 19 heavy (non-hydrogen) atoms. The average molecular weight is 265 g/mol. The van der Waals surface area contributed by atoms with Gasteiger partial charge in [-0.2, -0.15) is 0 Å². The number of carbonyl (C=O) groups is 1. The number of aryl methyl sites for hydroxylation is 1. The first-order chi connectivity index (χ1) is 8.97. The summed E-state index contributed by atoms with van der Waals surface area (Å²) in [4.78, 5) is 12.1. The molecule has 2 rings (SSSR count). The van der Waals surface area contributed by atoms with Gasteiger partial charge in [0.2, 0.25) is 0 Å². The van der Waals surface area contributed by atoms with Crippen molar-refractivity contribution in [3.05, 3.63) is 11.9 Å². The molecule has 0 amide bonds. The quantitative estimate of drug-likeness (QED) is 0.788. The lowest BCUT2D eigenvalue weighted by Crippen LogP contribution is -2.35. The Morgan fingerprint density at radius 1 is 1.47 bits per heavy atom. The van der Waals surface area contributed by atoms with Crippen molar-refractivity contribution in [2.24, 2.45) is 24.8 Å². The number of ether oxygens (including phenoxy) is 1. The van der Waals surface area contributed by atoms with Crippen LogP contribution < -0.4 is 0 Å². The molecule has 1 heterocycles. The normalized spacial score (nSPS) is 27.5. The molecule has 0 N–H and O–H groups in total. The Bertz CT molecular complexity index is 442. The molecule has 1 aromatic rings. The lowest BCUT2D eigenvalue weighted by molar-refractivity contribution is -0.0179. The van der Waals surface area contributed by atoms with Crippen LogP contribution in [-0.2, 0) is 11.8 Å². The Kier molecular flexibility index (Phi) is 4.22. The summed E-state index contributed by atoms with van der Waals surface area (Å²) in [6.07, 6.45) is 4.92. The van der Waals surface area contributed by atoms with Gasteiger partial charge in [0.1, 0.15) is 6.10 Å². The summed E-state index contributed by atoms with van der Waals surface area (Å²) in [7, 11) is 1.74. The maximum atomic E-state index is 12.1. The van der Waals surface area contributed by atoms with Crippen LogP contribution in [0.15, 0.2) is 6.20 Å². The largest absolute Gasteiger partial charge is 0.457 e. The van der Waals surface area contributed by atoms with Crippen molar-refractivity contribution in [3.8, 4) is 0 Å². The number of carbonyl (C=O) groups excluding carboxylic acids is 1. The first-order valence-corrected chi connectivity index (χ1v) is 7.04. The minimum Gasteiger partial charge on any atom is -0.457 e. The highest BCUT2D eigenvalue weighted by molar-refractivity contribution is 5.86. The Morgan fingerprint density at radius 3 is 2.79 bits per heavy atom. The van der Waals surface area contributed by atoms with Gasteiger partial charge in [-0.15, -0.1) is 5.10 Å². The Morgan fingerprint density at radius 2 is 2.21 bits per heavy atom. The highest BCUT2D eigenvalue weighted by atomic mass is 16.5. The fraction of sp³-hybridized carbons (Fsp3) is 0.786.